The van der Waals surface area contributed by atoms with E-state index in [1.807, 2.05) is 30.5 Å². The van der Waals surface area contributed by atoms with E-state index in [9.17, 15) is 0 Å². The molecule has 0 saturated heterocycles. The zero-order valence-electron chi connectivity index (χ0n) is 17.2. The van der Waals surface area contributed by atoms with Gasteiger partial charge in [-0.2, -0.15) is 0 Å². The average Bonchev–Trinajstić information content (AvgIpc) is 3.45. The number of hydrazine groups is 1. The summed E-state index contributed by atoms with van der Waals surface area (Å²) in [5.74, 6) is 6.75. The predicted octanol–water partition coefficient (Wildman–Crippen LogP) is 3.23. The molecule has 32 heavy (non-hydrogen) atoms. The SMILES string of the molecule is NNc1ccc(SNc2ccn(-c3cnc(NC4Cc5ccccc5C4)nc3)n2)cc1N. The van der Waals surface area contributed by atoms with Gasteiger partial charge in [-0.1, -0.05) is 24.3 Å². The number of anilines is 4. The minimum Gasteiger partial charge on any atom is -0.397 e. The third kappa shape index (κ3) is 4.32. The molecular weight excluding hydrogens is 422 g/mol. The van der Waals surface area contributed by atoms with Crippen LogP contribution >= 0.6 is 11.9 Å². The third-order valence-corrected chi connectivity index (χ3v) is 6.13. The van der Waals surface area contributed by atoms with E-state index in [0.29, 0.717) is 29.2 Å². The van der Waals surface area contributed by atoms with E-state index in [1.165, 1.54) is 23.1 Å². The van der Waals surface area contributed by atoms with E-state index in [2.05, 4.69) is 54.8 Å². The number of hydrogen-bond donors (Lipinski definition) is 5. The first-order valence-corrected chi connectivity index (χ1v) is 11.0. The van der Waals surface area contributed by atoms with Gasteiger partial charge in [0.25, 0.3) is 0 Å². The van der Waals surface area contributed by atoms with Gasteiger partial charge in [0.2, 0.25) is 5.95 Å². The Bertz CT molecular complexity index is 1200. The Labute approximate surface area is 189 Å². The summed E-state index contributed by atoms with van der Waals surface area (Å²) in [7, 11) is 0. The van der Waals surface area contributed by atoms with Crippen LogP contribution in [0, 0.1) is 0 Å². The van der Waals surface area contributed by atoms with Crippen molar-refractivity contribution in [2.24, 2.45) is 5.84 Å². The summed E-state index contributed by atoms with van der Waals surface area (Å²) < 4.78 is 4.94. The molecule has 9 nitrogen and oxygen atoms in total. The molecule has 0 atom stereocenters. The summed E-state index contributed by atoms with van der Waals surface area (Å²) in [6.07, 6.45) is 7.37. The second-order valence-electron chi connectivity index (χ2n) is 7.53. The van der Waals surface area contributed by atoms with Gasteiger partial charge in [-0.3, -0.25) is 5.84 Å². The standard InChI is InChI=1S/C22H23N9S/c23-19-11-18(5-6-20(19)28-24)32-30-21-7-8-31(29-21)17-12-25-22(26-13-17)27-16-9-14-3-1-2-4-15(14)10-16/h1-8,11-13,16,28H,9-10,23-24H2,(H,29,30)(H,25,26,27). The van der Waals surface area contributed by atoms with Gasteiger partial charge >= 0.3 is 0 Å². The molecule has 2 aromatic carbocycles. The van der Waals surface area contributed by atoms with Crippen LogP contribution in [0.1, 0.15) is 11.1 Å². The number of aromatic nitrogens is 4. The Balaban J connectivity index is 1.19. The molecule has 0 saturated carbocycles. The van der Waals surface area contributed by atoms with Crippen LogP contribution < -0.4 is 27.0 Å². The molecule has 0 bridgehead atoms. The minimum atomic E-state index is 0.319. The molecule has 1 aliphatic carbocycles. The zero-order valence-corrected chi connectivity index (χ0v) is 18.0. The highest BCUT2D eigenvalue weighted by Crippen LogP contribution is 2.27. The van der Waals surface area contributed by atoms with Crippen molar-refractivity contribution in [2.75, 3.05) is 21.2 Å². The molecule has 7 N–H and O–H groups in total. The zero-order chi connectivity index (χ0) is 21.9. The first-order chi connectivity index (χ1) is 15.7. The number of hydrogen-bond acceptors (Lipinski definition) is 9. The van der Waals surface area contributed by atoms with E-state index in [0.717, 1.165) is 23.4 Å². The van der Waals surface area contributed by atoms with Gasteiger partial charge in [-0.25, -0.2) is 14.6 Å². The Morgan fingerprint density at radius 1 is 1.00 bits per heavy atom. The summed E-state index contributed by atoms with van der Waals surface area (Å²) in [5, 5.41) is 7.97. The van der Waals surface area contributed by atoms with Crippen molar-refractivity contribution < 1.29 is 0 Å². The van der Waals surface area contributed by atoms with E-state index >= 15 is 0 Å². The first kappa shape index (κ1) is 20.2. The second kappa shape index (κ2) is 8.77. The normalized spacial score (nSPS) is 13.0. The number of nitrogens with zero attached hydrogens (tertiary/aromatic N) is 4. The summed E-state index contributed by atoms with van der Waals surface area (Å²) in [5.41, 5.74) is 13.3. The molecule has 4 aromatic rings. The number of rotatable bonds is 7. The molecule has 10 heteroatoms. The number of nitrogen functional groups attached to an aromatic ring is 2. The van der Waals surface area contributed by atoms with Gasteiger partial charge < -0.3 is 21.2 Å². The van der Waals surface area contributed by atoms with Crippen molar-refractivity contribution in [1.82, 2.24) is 19.7 Å². The quantitative estimate of drug-likeness (QED) is 0.126. The maximum Gasteiger partial charge on any atom is 0.222 e. The highest BCUT2D eigenvalue weighted by Gasteiger charge is 2.21. The molecule has 0 aliphatic heterocycles. The minimum absolute atomic E-state index is 0.319. The molecule has 2 heterocycles. The maximum absolute atomic E-state index is 5.94. The molecular formula is C22H23N9S. The summed E-state index contributed by atoms with van der Waals surface area (Å²) in [6, 6.07) is 16.3. The number of benzene rings is 2. The smallest absolute Gasteiger partial charge is 0.222 e. The van der Waals surface area contributed by atoms with Gasteiger partial charge in [0.1, 0.15) is 5.69 Å². The van der Waals surface area contributed by atoms with Gasteiger partial charge in [-0.15, -0.1) is 5.10 Å². The van der Waals surface area contributed by atoms with Gasteiger partial charge in [0.15, 0.2) is 5.82 Å². The molecule has 162 valence electrons. The highest BCUT2D eigenvalue weighted by molar-refractivity contribution is 8.00. The largest absolute Gasteiger partial charge is 0.397 e. The predicted molar refractivity (Wildman–Crippen MR) is 129 cm³/mol. The van der Waals surface area contributed by atoms with Crippen LogP contribution in [0.25, 0.3) is 5.69 Å². The van der Waals surface area contributed by atoms with Crippen LogP contribution in [0.5, 0.6) is 0 Å². The van der Waals surface area contributed by atoms with Crippen molar-refractivity contribution in [3.05, 3.63) is 78.2 Å². The molecule has 2 aromatic heterocycles. The van der Waals surface area contributed by atoms with Crippen LogP contribution in [0.15, 0.2) is 72.0 Å². The van der Waals surface area contributed by atoms with Crippen molar-refractivity contribution in [1.29, 1.82) is 0 Å². The molecule has 0 fully saturated rings. The Morgan fingerprint density at radius 2 is 1.75 bits per heavy atom. The number of nitrogens with two attached hydrogens (primary N) is 2. The van der Waals surface area contributed by atoms with Crippen LogP contribution in [0.2, 0.25) is 0 Å². The summed E-state index contributed by atoms with van der Waals surface area (Å²) >= 11 is 1.41. The van der Waals surface area contributed by atoms with Crippen LogP contribution in [-0.2, 0) is 12.8 Å². The summed E-state index contributed by atoms with van der Waals surface area (Å²) in [4.78, 5) is 9.89. The summed E-state index contributed by atoms with van der Waals surface area (Å²) in [6.45, 7) is 0. The lowest BCUT2D eigenvalue weighted by Gasteiger charge is -2.12. The molecule has 0 amide bonds. The van der Waals surface area contributed by atoms with Gasteiger partial charge in [0, 0.05) is 23.2 Å². The van der Waals surface area contributed by atoms with E-state index in [-0.39, 0.29) is 0 Å². The molecule has 0 radical (unpaired) electrons. The Kier molecular flexibility index (Phi) is 5.53. The van der Waals surface area contributed by atoms with Gasteiger partial charge in [-0.05, 0) is 54.1 Å². The van der Waals surface area contributed by atoms with E-state index in [4.69, 9.17) is 11.6 Å². The molecule has 0 unspecified atom stereocenters. The maximum atomic E-state index is 5.94. The molecule has 1 aliphatic rings. The first-order valence-electron chi connectivity index (χ1n) is 10.2. The second-order valence-corrected chi connectivity index (χ2v) is 8.41. The van der Waals surface area contributed by atoms with E-state index < -0.39 is 0 Å². The van der Waals surface area contributed by atoms with Crippen LogP contribution in [0.4, 0.5) is 23.1 Å². The van der Waals surface area contributed by atoms with Crippen molar-refractivity contribution in [3.8, 4) is 5.69 Å². The van der Waals surface area contributed by atoms with Crippen molar-refractivity contribution >= 4 is 35.1 Å². The third-order valence-electron chi connectivity index (χ3n) is 5.33. The lowest BCUT2D eigenvalue weighted by Crippen LogP contribution is -2.21. The van der Waals surface area contributed by atoms with Crippen molar-refractivity contribution in [2.45, 2.75) is 23.8 Å². The monoisotopic (exact) mass is 445 g/mol. The fourth-order valence-electron chi connectivity index (χ4n) is 3.73. The topological polar surface area (TPSA) is 132 Å². The lowest BCUT2D eigenvalue weighted by molar-refractivity contribution is 0.759. The fourth-order valence-corrected chi connectivity index (χ4v) is 4.38. The average molecular weight is 446 g/mol. The highest BCUT2D eigenvalue weighted by atomic mass is 32.2. The molecule has 0 spiro atoms. The Morgan fingerprint density at radius 3 is 2.44 bits per heavy atom. The van der Waals surface area contributed by atoms with Crippen LogP contribution in [0.3, 0.4) is 0 Å². The number of fused-ring (bicyclic) bond motifs is 1. The Hall–Kier alpha value is -3.76. The van der Waals surface area contributed by atoms with E-state index in [1.54, 1.807) is 17.1 Å². The lowest BCUT2D eigenvalue weighted by atomic mass is 10.1. The van der Waals surface area contributed by atoms with Crippen LogP contribution in [-0.4, -0.2) is 25.8 Å². The van der Waals surface area contributed by atoms with Gasteiger partial charge in [0.05, 0.1) is 23.8 Å². The van der Waals surface area contributed by atoms with Crippen molar-refractivity contribution in [3.63, 3.8) is 0 Å². The fraction of sp³-hybridized carbons (Fsp3) is 0.136. The molecule has 5 rings (SSSR count). The number of nitrogens with one attached hydrogen (secondary N) is 3.